The molecule has 2 aromatic rings. The van der Waals surface area contributed by atoms with Crippen molar-refractivity contribution in [3.63, 3.8) is 0 Å². The van der Waals surface area contributed by atoms with E-state index in [-0.39, 0.29) is 19.1 Å². The summed E-state index contributed by atoms with van der Waals surface area (Å²) < 4.78 is 4.97. The second kappa shape index (κ2) is 7.54. The Morgan fingerprint density at radius 3 is 2.35 bits per heavy atom. The zero-order valence-corrected chi connectivity index (χ0v) is 13.6. The van der Waals surface area contributed by atoms with E-state index in [1.165, 1.54) is 11.1 Å². The first-order valence-corrected chi connectivity index (χ1v) is 7.48. The number of aryl methyl sites for hydroxylation is 2. The number of hydrogen-bond acceptors (Lipinski definition) is 4. The molecule has 0 bridgehead atoms. The summed E-state index contributed by atoms with van der Waals surface area (Å²) in [5.41, 5.74) is 2.98. The zero-order chi connectivity index (χ0) is 16.8. The van der Waals surface area contributed by atoms with Gasteiger partial charge in [-0.3, -0.25) is 19.5 Å². The maximum absolute atomic E-state index is 12.8. The summed E-state index contributed by atoms with van der Waals surface area (Å²) in [6, 6.07) is 10.9. The average molecular weight is 312 g/mol. The third-order valence-corrected chi connectivity index (χ3v) is 3.34. The van der Waals surface area contributed by atoms with Crippen molar-refractivity contribution in [1.82, 2.24) is 4.98 Å². The number of pyridine rings is 1. The molecule has 1 heterocycles. The van der Waals surface area contributed by atoms with Gasteiger partial charge in [-0.2, -0.15) is 0 Å². The third kappa shape index (κ3) is 4.39. The predicted molar refractivity (Wildman–Crippen MR) is 88.5 cm³/mol. The Kier molecular flexibility index (Phi) is 5.46. The van der Waals surface area contributed by atoms with E-state index in [9.17, 15) is 9.59 Å². The standard InChI is InChI=1S/C18H20N2O3/c1-4-23-17(21)12-20(16-9-5-13(2)6-10-16)18(22)15-8-7-14(3)19-11-15/h5-11H,4,12H2,1-3H3. The van der Waals surface area contributed by atoms with Crippen molar-refractivity contribution in [2.45, 2.75) is 20.8 Å². The van der Waals surface area contributed by atoms with Gasteiger partial charge in [0.25, 0.3) is 5.91 Å². The van der Waals surface area contributed by atoms with Crippen LogP contribution in [0.3, 0.4) is 0 Å². The van der Waals surface area contributed by atoms with E-state index in [0.29, 0.717) is 11.3 Å². The summed E-state index contributed by atoms with van der Waals surface area (Å²) in [6.07, 6.45) is 1.52. The van der Waals surface area contributed by atoms with Gasteiger partial charge in [0, 0.05) is 17.6 Å². The molecular weight excluding hydrogens is 292 g/mol. The molecule has 5 nitrogen and oxygen atoms in total. The zero-order valence-electron chi connectivity index (χ0n) is 13.6. The first-order valence-electron chi connectivity index (χ1n) is 7.48. The number of benzene rings is 1. The Morgan fingerprint density at radius 2 is 1.78 bits per heavy atom. The Balaban J connectivity index is 2.31. The predicted octanol–water partition coefficient (Wildman–Crippen LogP) is 2.91. The third-order valence-electron chi connectivity index (χ3n) is 3.34. The van der Waals surface area contributed by atoms with Crippen LogP contribution in [0.4, 0.5) is 5.69 Å². The van der Waals surface area contributed by atoms with E-state index in [2.05, 4.69) is 4.98 Å². The Hall–Kier alpha value is -2.69. The van der Waals surface area contributed by atoms with Crippen molar-refractivity contribution in [1.29, 1.82) is 0 Å². The Bertz CT molecular complexity index is 678. The number of amides is 1. The molecule has 0 unspecified atom stereocenters. The fourth-order valence-corrected chi connectivity index (χ4v) is 2.09. The number of carbonyl (C=O) groups excluding carboxylic acids is 2. The first-order chi connectivity index (χ1) is 11.0. The Labute approximate surface area is 135 Å². The highest BCUT2D eigenvalue weighted by atomic mass is 16.5. The van der Waals surface area contributed by atoms with Gasteiger partial charge in [0.1, 0.15) is 6.54 Å². The Morgan fingerprint density at radius 1 is 1.09 bits per heavy atom. The van der Waals surface area contributed by atoms with Gasteiger partial charge >= 0.3 is 5.97 Å². The topological polar surface area (TPSA) is 59.5 Å². The van der Waals surface area contributed by atoms with Crippen LogP contribution >= 0.6 is 0 Å². The second-order valence-electron chi connectivity index (χ2n) is 5.22. The molecule has 5 heteroatoms. The van der Waals surface area contributed by atoms with Crippen molar-refractivity contribution in [3.8, 4) is 0 Å². The van der Waals surface area contributed by atoms with Crippen LogP contribution in [-0.4, -0.2) is 30.0 Å². The summed E-state index contributed by atoms with van der Waals surface area (Å²) in [7, 11) is 0. The van der Waals surface area contributed by atoms with Crippen LogP contribution in [0.25, 0.3) is 0 Å². The summed E-state index contributed by atoms with van der Waals surface area (Å²) in [6.45, 7) is 5.69. The highest BCUT2D eigenvalue weighted by molar-refractivity contribution is 6.08. The molecule has 0 radical (unpaired) electrons. The minimum Gasteiger partial charge on any atom is -0.465 e. The molecule has 23 heavy (non-hydrogen) atoms. The fraction of sp³-hybridized carbons (Fsp3) is 0.278. The number of nitrogens with zero attached hydrogens (tertiary/aromatic N) is 2. The van der Waals surface area contributed by atoms with E-state index < -0.39 is 5.97 Å². The summed E-state index contributed by atoms with van der Waals surface area (Å²) in [4.78, 5) is 30.2. The molecule has 0 aliphatic carbocycles. The van der Waals surface area contributed by atoms with Crippen LogP contribution in [0, 0.1) is 13.8 Å². The quantitative estimate of drug-likeness (QED) is 0.797. The highest BCUT2D eigenvalue weighted by Crippen LogP contribution is 2.18. The molecule has 0 N–H and O–H groups in total. The van der Waals surface area contributed by atoms with Crippen LogP contribution in [0.1, 0.15) is 28.5 Å². The molecule has 1 aromatic heterocycles. The largest absolute Gasteiger partial charge is 0.465 e. The maximum Gasteiger partial charge on any atom is 0.326 e. The summed E-state index contributed by atoms with van der Waals surface area (Å²) in [5.74, 6) is -0.726. The number of carbonyl (C=O) groups is 2. The molecule has 2 rings (SSSR count). The van der Waals surface area contributed by atoms with Crippen molar-refractivity contribution in [2.75, 3.05) is 18.1 Å². The number of aromatic nitrogens is 1. The van der Waals surface area contributed by atoms with E-state index >= 15 is 0 Å². The lowest BCUT2D eigenvalue weighted by Gasteiger charge is -2.22. The normalized spacial score (nSPS) is 10.2. The number of anilines is 1. The van der Waals surface area contributed by atoms with Crippen molar-refractivity contribution in [3.05, 3.63) is 59.4 Å². The van der Waals surface area contributed by atoms with Gasteiger partial charge in [0.15, 0.2) is 0 Å². The van der Waals surface area contributed by atoms with Crippen LogP contribution in [0.2, 0.25) is 0 Å². The molecule has 0 spiro atoms. The first kappa shape index (κ1) is 16.7. The van der Waals surface area contributed by atoms with E-state index in [0.717, 1.165) is 11.3 Å². The summed E-state index contributed by atoms with van der Waals surface area (Å²) in [5, 5.41) is 0. The maximum atomic E-state index is 12.8. The van der Waals surface area contributed by atoms with Crippen molar-refractivity contribution in [2.24, 2.45) is 0 Å². The van der Waals surface area contributed by atoms with Gasteiger partial charge < -0.3 is 4.74 Å². The van der Waals surface area contributed by atoms with Crippen LogP contribution in [0.15, 0.2) is 42.6 Å². The van der Waals surface area contributed by atoms with Gasteiger partial charge in [0.2, 0.25) is 0 Å². The molecule has 0 saturated carbocycles. The van der Waals surface area contributed by atoms with Crippen molar-refractivity contribution >= 4 is 17.6 Å². The lowest BCUT2D eigenvalue weighted by molar-refractivity contribution is -0.141. The number of hydrogen-bond donors (Lipinski definition) is 0. The highest BCUT2D eigenvalue weighted by Gasteiger charge is 2.21. The number of rotatable bonds is 5. The number of ether oxygens (including phenoxy) is 1. The molecule has 0 fully saturated rings. The molecule has 1 aromatic carbocycles. The molecular formula is C18H20N2O3. The van der Waals surface area contributed by atoms with E-state index in [1.807, 2.05) is 38.1 Å². The molecule has 120 valence electrons. The van der Waals surface area contributed by atoms with Gasteiger partial charge in [-0.1, -0.05) is 17.7 Å². The summed E-state index contributed by atoms with van der Waals surface area (Å²) >= 11 is 0. The lowest BCUT2D eigenvalue weighted by Crippen LogP contribution is -2.36. The molecule has 0 aliphatic rings. The van der Waals surface area contributed by atoms with E-state index in [4.69, 9.17) is 4.74 Å². The lowest BCUT2D eigenvalue weighted by atomic mass is 10.1. The van der Waals surface area contributed by atoms with Gasteiger partial charge in [-0.25, -0.2) is 0 Å². The minimum absolute atomic E-state index is 0.135. The fourth-order valence-electron chi connectivity index (χ4n) is 2.09. The molecule has 0 atom stereocenters. The number of esters is 1. The van der Waals surface area contributed by atoms with Gasteiger partial charge in [-0.15, -0.1) is 0 Å². The smallest absolute Gasteiger partial charge is 0.326 e. The van der Waals surface area contributed by atoms with Crippen LogP contribution in [-0.2, 0) is 9.53 Å². The average Bonchev–Trinajstić information content (AvgIpc) is 2.54. The molecule has 0 aliphatic heterocycles. The van der Waals surface area contributed by atoms with Gasteiger partial charge in [-0.05, 0) is 45.0 Å². The second-order valence-corrected chi connectivity index (χ2v) is 5.22. The monoisotopic (exact) mass is 312 g/mol. The van der Waals surface area contributed by atoms with E-state index in [1.54, 1.807) is 19.1 Å². The molecule has 1 amide bonds. The van der Waals surface area contributed by atoms with Crippen LogP contribution in [0.5, 0.6) is 0 Å². The van der Waals surface area contributed by atoms with Gasteiger partial charge in [0.05, 0.1) is 12.2 Å². The molecule has 0 saturated heterocycles. The SMILES string of the molecule is CCOC(=O)CN(C(=O)c1ccc(C)nc1)c1ccc(C)cc1. The van der Waals surface area contributed by atoms with Crippen LogP contribution < -0.4 is 4.90 Å². The minimum atomic E-state index is -0.443. The van der Waals surface area contributed by atoms with Crippen molar-refractivity contribution < 1.29 is 14.3 Å².